The minimum absolute atomic E-state index is 0.304. The van der Waals surface area contributed by atoms with Crippen LogP contribution in [0.5, 0.6) is 0 Å². The van der Waals surface area contributed by atoms with Crippen molar-refractivity contribution in [1.29, 1.82) is 0 Å². The van der Waals surface area contributed by atoms with Crippen LogP contribution in [0.15, 0.2) is 15.9 Å². The van der Waals surface area contributed by atoms with Crippen molar-refractivity contribution in [1.82, 2.24) is 18.7 Å². The first kappa shape index (κ1) is 13.5. The fourth-order valence-electron chi connectivity index (χ4n) is 2.16. The maximum atomic E-state index is 12.2. The summed E-state index contributed by atoms with van der Waals surface area (Å²) in [5, 5.41) is 0. The predicted molar refractivity (Wildman–Crippen MR) is 73.2 cm³/mol. The molecule has 0 aliphatic rings. The summed E-state index contributed by atoms with van der Waals surface area (Å²) < 4.78 is 4.46. The molecule has 2 rings (SSSR count). The summed E-state index contributed by atoms with van der Waals surface area (Å²) in [6.07, 6.45) is 3.18. The van der Waals surface area contributed by atoms with E-state index in [9.17, 15) is 9.59 Å². The first-order chi connectivity index (χ1) is 9.11. The van der Waals surface area contributed by atoms with Gasteiger partial charge in [-0.05, 0) is 19.4 Å². The molecule has 0 spiro atoms. The van der Waals surface area contributed by atoms with E-state index < -0.39 is 0 Å². The van der Waals surface area contributed by atoms with Gasteiger partial charge in [0.25, 0.3) is 5.56 Å². The highest BCUT2D eigenvalue weighted by Crippen LogP contribution is 2.07. The van der Waals surface area contributed by atoms with E-state index in [1.165, 1.54) is 7.05 Å². The van der Waals surface area contributed by atoms with Crippen molar-refractivity contribution in [3.8, 4) is 0 Å². The van der Waals surface area contributed by atoms with Gasteiger partial charge in [0.05, 0.1) is 6.33 Å². The lowest BCUT2D eigenvalue weighted by molar-refractivity contribution is 0.606. The lowest BCUT2D eigenvalue weighted by atomic mass is 10.4. The summed E-state index contributed by atoms with van der Waals surface area (Å²) in [6, 6.07) is 0. The van der Waals surface area contributed by atoms with Gasteiger partial charge in [0.1, 0.15) is 0 Å². The van der Waals surface area contributed by atoms with Crippen LogP contribution in [-0.4, -0.2) is 25.2 Å². The Kier molecular flexibility index (Phi) is 3.84. The van der Waals surface area contributed by atoms with Gasteiger partial charge in [-0.2, -0.15) is 0 Å². The third-order valence-corrected chi connectivity index (χ3v) is 3.15. The molecule has 0 radical (unpaired) electrons. The Morgan fingerprint density at radius 3 is 2.68 bits per heavy atom. The van der Waals surface area contributed by atoms with Crippen LogP contribution in [0.2, 0.25) is 0 Å². The standard InChI is InChI=1S/C12H19N5O2/c1-3-6-17-10-9(11(18)15(2)12(17)19)16(8-14-10)7-4-5-13/h8H,3-7,13H2,1-2H3. The van der Waals surface area contributed by atoms with E-state index >= 15 is 0 Å². The van der Waals surface area contributed by atoms with Crippen LogP contribution < -0.4 is 17.0 Å². The van der Waals surface area contributed by atoms with Crippen molar-refractivity contribution in [2.24, 2.45) is 12.8 Å². The monoisotopic (exact) mass is 265 g/mol. The largest absolute Gasteiger partial charge is 0.332 e. The minimum Gasteiger partial charge on any atom is -0.330 e. The molecule has 0 saturated heterocycles. The van der Waals surface area contributed by atoms with E-state index in [1.807, 2.05) is 6.92 Å². The number of imidazole rings is 1. The molecule has 0 fully saturated rings. The number of rotatable bonds is 5. The number of aryl methyl sites for hydroxylation is 2. The molecule has 2 heterocycles. The van der Waals surface area contributed by atoms with Crippen LogP contribution in [-0.2, 0) is 20.1 Å². The first-order valence-electron chi connectivity index (χ1n) is 6.46. The number of aromatic nitrogens is 4. The van der Waals surface area contributed by atoms with Crippen LogP contribution in [0, 0.1) is 0 Å². The second kappa shape index (κ2) is 5.40. The zero-order chi connectivity index (χ0) is 14.0. The van der Waals surface area contributed by atoms with Gasteiger partial charge in [0.15, 0.2) is 11.2 Å². The van der Waals surface area contributed by atoms with Crippen LogP contribution in [0.1, 0.15) is 19.8 Å². The Bertz CT molecular complexity index is 694. The summed E-state index contributed by atoms with van der Waals surface area (Å²) in [5.41, 5.74) is 5.81. The Morgan fingerprint density at radius 1 is 1.32 bits per heavy atom. The van der Waals surface area contributed by atoms with E-state index in [1.54, 1.807) is 15.5 Å². The molecule has 0 bridgehead atoms. The summed E-state index contributed by atoms with van der Waals surface area (Å²) in [5.74, 6) is 0. The normalized spacial score (nSPS) is 11.3. The third-order valence-electron chi connectivity index (χ3n) is 3.15. The second-order valence-electron chi connectivity index (χ2n) is 4.55. The molecule has 0 aromatic carbocycles. The summed E-state index contributed by atoms with van der Waals surface area (Å²) in [7, 11) is 1.50. The average molecular weight is 265 g/mol. The smallest absolute Gasteiger partial charge is 0.330 e. The Balaban J connectivity index is 2.73. The van der Waals surface area contributed by atoms with Gasteiger partial charge in [-0.3, -0.25) is 13.9 Å². The number of fused-ring (bicyclic) bond motifs is 1. The van der Waals surface area contributed by atoms with Crippen molar-refractivity contribution >= 4 is 11.2 Å². The molecule has 0 amide bonds. The molecule has 0 aliphatic heterocycles. The molecule has 2 aromatic heterocycles. The van der Waals surface area contributed by atoms with Gasteiger partial charge in [0.2, 0.25) is 0 Å². The van der Waals surface area contributed by atoms with E-state index in [-0.39, 0.29) is 11.2 Å². The topological polar surface area (TPSA) is 87.8 Å². The Labute approximate surface area is 110 Å². The van der Waals surface area contributed by atoms with Gasteiger partial charge >= 0.3 is 5.69 Å². The van der Waals surface area contributed by atoms with Crippen molar-refractivity contribution < 1.29 is 0 Å². The molecule has 2 N–H and O–H groups in total. The zero-order valence-electron chi connectivity index (χ0n) is 11.3. The van der Waals surface area contributed by atoms with Crippen molar-refractivity contribution in [3.63, 3.8) is 0 Å². The maximum Gasteiger partial charge on any atom is 0.332 e. The van der Waals surface area contributed by atoms with E-state index in [4.69, 9.17) is 5.73 Å². The average Bonchev–Trinajstić information content (AvgIpc) is 2.82. The minimum atomic E-state index is -0.316. The summed E-state index contributed by atoms with van der Waals surface area (Å²) in [4.78, 5) is 28.5. The molecule has 0 atom stereocenters. The predicted octanol–water partition coefficient (Wildman–Crippen LogP) is -0.344. The van der Waals surface area contributed by atoms with Crippen molar-refractivity contribution in [2.75, 3.05) is 6.54 Å². The molecular weight excluding hydrogens is 246 g/mol. The van der Waals surface area contributed by atoms with Gasteiger partial charge in [-0.25, -0.2) is 9.78 Å². The fourth-order valence-corrected chi connectivity index (χ4v) is 2.16. The van der Waals surface area contributed by atoms with Gasteiger partial charge < -0.3 is 10.3 Å². The molecule has 19 heavy (non-hydrogen) atoms. The molecule has 0 unspecified atom stereocenters. The van der Waals surface area contributed by atoms with Crippen LogP contribution >= 0.6 is 0 Å². The Hall–Kier alpha value is -1.89. The van der Waals surface area contributed by atoms with E-state index in [2.05, 4.69) is 4.98 Å². The molecule has 7 heteroatoms. The highest BCUT2D eigenvalue weighted by atomic mass is 16.2. The maximum absolute atomic E-state index is 12.2. The number of nitrogens with zero attached hydrogens (tertiary/aromatic N) is 4. The Morgan fingerprint density at radius 2 is 2.05 bits per heavy atom. The second-order valence-corrected chi connectivity index (χ2v) is 4.55. The molecule has 2 aromatic rings. The molecular formula is C12H19N5O2. The van der Waals surface area contributed by atoms with Gasteiger partial charge in [-0.1, -0.05) is 6.92 Å². The molecule has 104 valence electrons. The number of hydrogen-bond donors (Lipinski definition) is 1. The van der Waals surface area contributed by atoms with Crippen LogP contribution in [0.25, 0.3) is 11.2 Å². The highest BCUT2D eigenvalue weighted by Gasteiger charge is 2.15. The van der Waals surface area contributed by atoms with Gasteiger partial charge in [-0.15, -0.1) is 0 Å². The molecule has 0 saturated carbocycles. The SMILES string of the molecule is CCCn1c(=O)n(C)c(=O)c2c1ncn2CCCN. The molecule has 0 aliphatic carbocycles. The quantitative estimate of drug-likeness (QED) is 0.800. The summed E-state index contributed by atoms with van der Waals surface area (Å²) >= 11 is 0. The number of nitrogens with two attached hydrogens (primary N) is 1. The first-order valence-corrected chi connectivity index (χ1v) is 6.46. The van der Waals surface area contributed by atoms with Crippen molar-refractivity contribution in [3.05, 3.63) is 27.2 Å². The lowest BCUT2D eigenvalue weighted by Crippen LogP contribution is -2.38. The van der Waals surface area contributed by atoms with E-state index in [0.717, 1.165) is 17.4 Å². The van der Waals surface area contributed by atoms with E-state index in [0.29, 0.717) is 30.8 Å². The zero-order valence-corrected chi connectivity index (χ0v) is 11.3. The summed E-state index contributed by atoms with van der Waals surface area (Å²) in [6.45, 7) is 3.72. The highest BCUT2D eigenvalue weighted by molar-refractivity contribution is 5.70. The van der Waals surface area contributed by atoms with Crippen LogP contribution in [0.4, 0.5) is 0 Å². The van der Waals surface area contributed by atoms with Crippen LogP contribution in [0.3, 0.4) is 0 Å². The van der Waals surface area contributed by atoms with Gasteiger partial charge in [0, 0.05) is 20.1 Å². The molecule has 7 nitrogen and oxygen atoms in total. The number of hydrogen-bond acceptors (Lipinski definition) is 4. The van der Waals surface area contributed by atoms with Crippen molar-refractivity contribution in [2.45, 2.75) is 32.9 Å². The fraction of sp³-hybridized carbons (Fsp3) is 0.583. The third kappa shape index (κ3) is 2.21. The lowest BCUT2D eigenvalue weighted by Gasteiger charge is -2.08.